The third-order valence-electron chi connectivity index (χ3n) is 3.47. The van der Waals surface area contributed by atoms with Gasteiger partial charge in [0, 0.05) is 16.5 Å². The van der Waals surface area contributed by atoms with Gasteiger partial charge in [-0.25, -0.2) is 13.4 Å². The standard InChI is InChI=1S/C14H16ClN3O3S/c1-21-12-5-4-11(15)6-10(12)7-22(19,20)8-13-16-14(18-17-13)9-2-3-9/h4-6,9H,2-3,7-8H2,1H3,(H,16,17,18). The first kappa shape index (κ1) is 15.3. The molecule has 1 aliphatic carbocycles. The molecular formula is C14H16ClN3O3S. The zero-order chi connectivity index (χ0) is 15.7. The number of halogens is 1. The molecule has 22 heavy (non-hydrogen) atoms. The zero-order valence-electron chi connectivity index (χ0n) is 12.0. The van der Waals surface area contributed by atoms with Crippen molar-refractivity contribution in [2.24, 2.45) is 0 Å². The van der Waals surface area contributed by atoms with E-state index in [9.17, 15) is 8.42 Å². The molecule has 0 atom stereocenters. The number of nitrogens with zero attached hydrogens (tertiary/aromatic N) is 2. The Bertz CT molecular complexity index is 784. The van der Waals surface area contributed by atoms with E-state index in [1.807, 2.05) is 0 Å². The maximum atomic E-state index is 12.4. The van der Waals surface area contributed by atoms with Crippen LogP contribution in [0.5, 0.6) is 5.75 Å². The molecule has 0 spiro atoms. The largest absolute Gasteiger partial charge is 0.496 e. The Morgan fingerprint density at radius 2 is 2.14 bits per heavy atom. The second-order valence-electron chi connectivity index (χ2n) is 5.40. The number of sulfone groups is 1. The lowest BCUT2D eigenvalue weighted by Gasteiger charge is -2.09. The molecule has 1 saturated carbocycles. The van der Waals surface area contributed by atoms with Gasteiger partial charge in [-0.1, -0.05) is 11.6 Å². The van der Waals surface area contributed by atoms with Crippen LogP contribution in [0.4, 0.5) is 0 Å². The summed E-state index contributed by atoms with van der Waals surface area (Å²) < 4.78 is 29.9. The fraction of sp³-hybridized carbons (Fsp3) is 0.429. The number of rotatable bonds is 6. The third kappa shape index (κ3) is 3.59. The highest BCUT2D eigenvalue weighted by Crippen LogP contribution is 2.37. The summed E-state index contributed by atoms with van der Waals surface area (Å²) in [5.41, 5.74) is 0.539. The zero-order valence-corrected chi connectivity index (χ0v) is 13.6. The van der Waals surface area contributed by atoms with Crippen molar-refractivity contribution in [3.63, 3.8) is 0 Å². The number of methoxy groups -OCH3 is 1. The number of hydrogen-bond acceptors (Lipinski definition) is 5. The van der Waals surface area contributed by atoms with Crippen molar-refractivity contribution in [1.29, 1.82) is 0 Å². The number of benzene rings is 1. The molecule has 0 unspecified atom stereocenters. The van der Waals surface area contributed by atoms with Gasteiger partial charge in [0.1, 0.15) is 17.3 Å². The lowest BCUT2D eigenvalue weighted by molar-refractivity contribution is 0.411. The predicted molar refractivity (Wildman–Crippen MR) is 82.7 cm³/mol. The van der Waals surface area contributed by atoms with Crippen molar-refractivity contribution in [3.8, 4) is 5.75 Å². The molecule has 0 radical (unpaired) electrons. The van der Waals surface area contributed by atoms with Crippen LogP contribution in [0.25, 0.3) is 0 Å². The van der Waals surface area contributed by atoms with E-state index in [0.717, 1.165) is 12.8 Å². The van der Waals surface area contributed by atoms with Crippen molar-refractivity contribution < 1.29 is 13.2 Å². The average Bonchev–Trinajstić information content (AvgIpc) is 3.19. The molecule has 1 aromatic heterocycles. The summed E-state index contributed by atoms with van der Waals surface area (Å²) in [6.45, 7) is 0. The van der Waals surface area contributed by atoms with Crippen molar-refractivity contribution in [2.75, 3.05) is 7.11 Å². The minimum absolute atomic E-state index is 0.157. The van der Waals surface area contributed by atoms with Gasteiger partial charge >= 0.3 is 0 Å². The van der Waals surface area contributed by atoms with Crippen molar-refractivity contribution in [3.05, 3.63) is 40.4 Å². The van der Waals surface area contributed by atoms with Crippen LogP contribution in [0.1, 0.15) is 36.0 Å². The highest BCUT2D eigenvalue weighted by Gasteiger charge is 2.28. The number of aromatic amines is 1. The summed E-state index contributed by atoms with van der Waals surface area (Å²) in [6, 6.07) is 4.93. The Morgan fingerprint density at radius 1 is 1.36 bits per heavy atom. The van der Waals surface area contributed by atoms with Gasteiger partial charge in [0.25, 0.3) is 0 Å². The van der Waals surface area contributed by atoms with E-state index in [-0.39, 0.29) is 11.5 Å². The molecule has 1 fully saturated rings. The summed E-state index contributed by atoms with van der Waals surface area (Å²) in [4.78, 5) is 4.26. The highest BCUT2D eigenvalue weighted by atomic mass is 35.5. The molecule has 3 rings (SSSR count). The van der Waals surface area contributed by atoms with Gasteiger partial charge in [-0.3, -0.25) is 5.10 Å². The molecule has 0 aliphatic heterocycles. The Hall–Kier alpha value is -1.60. The molecule has 2 aromatic rings. The molecule has 118 valence electrons. The first-order valence-electron chi connectivity index (χ1n) is 6.91. The van der Waals surface area contributed by atoms with E-state index >= 15 is 0 Å². The van der Waals surface area contributed by atoms with Crippen LogP contribution in [0, 0.1) is 0 Å². The van der Waals surface area contributed by atoms with Crippen LogP contribution in [0.2, 0.25) is 5.02 Å². The number of aromatic nitrogens is 3. The molecular weight excluding hydrogens is 326 g/mol. The van der Waals surface area contributed by atoms with E-state index in [4.69, 9.17) is 16.3 Å². The minimum atomic E-state index is -3.40. The second-order valence-corrected chi connectivity index (χ2v) is 7.90. The first-order valence-corrected chi connectivity index (χ1v) is 9.11. The van der Waals surface area contributed by atoms with Crippen LogP contribution < -0.4 is 4.74 Å². The Balaban J connectivity index is 1.76. The van der Waals surface area contributed by atoms with Crippen molar-refractivity contribution in [2.45, 2.75) is 30.3 Å². The van der Waals surface area contributed by atoms with Gasteiger partial charge < -0.3 is 4.74 Å². The highest BCUT2D eigenvalue weighted by molar-refractivity contribution is 7.89. The average molecular weight is 342 g/mol. The molecule has 1 heterocycles. The van der Waals surface area contributed by atoms with Crippen molar-refractivity contribution in [1.82, 2.24) is 15.2 Å². The predicted octanol–water partition coefficient (Wildman–Crippen LogP) is 2.46. The number of ether oxygens (including phenoxy) is 1. The first-order chi connectivity index (χ1) is 10.5. The van der Waals surface area contributed by atoms with Crippen molar-refractivity contribution >= 4 is 21.4 Å². The SMILES string of the molecule is COc1ccc(Cl)cc1CS(=O)(=O)Cc1nc(C2CC2)n[nH]1. The van der Waals surface area contributed by atoms with E-state index in [1.54, 1.807) is 18.2 Å². The van der Waals surface area contributed by atoms with Gasteiger partial charge in [0.05, 0.1) is 12.9 Å². The normalized spacial score (nSPS) is 15.0. The quantitative estimate of drug-likeness (QED) is 0.872. The fourth-order valence-corrected chi connectivity index (χ4v) is 3.80. The number of nitrogens with one attached hydrogen (secondary N) is 1. The number of H-pyrrole nitrogens is 1. The van der Waals surface area contributed by atoms with Gasteiger partial charge in [-0.05, 0) is 31.0 Å². The molecule has 0 amide bonds. The molecule has 0 saturated heterocycles. The van der Waals surface area contributed by atoms with Gasteiger partial charge in [0.15, 0.2) is 15.7 Å². The molecule has 6 nitrogen and oxygen atoms in total. The maximum absolute atomic E-state index is 12.4. The van der Waals surface area contributed by atoms with E-state index in [2.05, 4.69) is 15.2 Å². The van der Waals surface area contributed by atoms with E-state index < -0.39 is 9.84 Å². The maximum Gasteiger partial charge on any atom is 0.161 e. The van der Waals surface area contributed by atoms with Gasteiger partial charge in [-0.15, -0.1) is 0 Å². The minimum Gasteiger partial charge on any atom is -0.496 e. The Kier molecular flexibility index (Phi) is 4.10. The smallest absolute Gasteiger partial charge is 0.161 e. The van der Waals surface area contributed by atoms with Crippen LogP contribution in [0.15, 0.2) is 18.2 Å². The molecule has 1 N–H and O–H groups in total. The van der Waals surface area contributed by atoms with Gasteiger partial charge in [-0.2, -0.15) is 5.10 Å². The van der Waals surface area contributed by atoms with Crippen LogP contribution in [0.3, 0.4) is 0 Å². The summed E-state index contributed by atoms with van der Waals surface area (Å²) in [5, 5.41) is 7.26. The Morgan fingerprint density at radius 3 is 2.82 bits per heavy atom. The molecule has 1 aliphatic rings. The summed E-state index contributed by atoms with van der Waals surface area (Å²) in [5.74, 6) is 1.65. The second kappa shape index (κ2) is 5.89. The van der Waals surface area contributed by atoms with E-state index in [1.165, 1.54) is 7.11 Å². The lowest BCUT2D eigenvalue weighted by atomic mass is 10.2. The molecule has 0 bridgehead atoms. The fourth-order valence-electron chi connectivity index (χ4n) is 2.25. The molecule has 1 aromatic carbocycles. The van der Waals surface area contributed by atoms with E-state index in [0.29, 0.717) is 33.9 Å². The molecule has 8 heteroatoms. The topological polar surface area (TPSA) is 84.9 Å². The Labute approximate surface area is 133 Å². The van der Waals surface area contributed by atoms with Gasteiger partial charge in [0.2, 0.25) is 0 Å². The number of hydrogen-bond donors (Lipinski definition) is 1. The monoisotopic (exact) mass is 341 g/mol. The summed E-state index contributed by atoms with van der Waals surface area (Å²) in [6.07, 6.45) is 2.15. The van der Waals surface area contributed by atoms with Crippen LogP contribution >= 0.6 is 11.6 Å². The lowest BCUT2D eigenvalue weighted by Crippen LogP contribution is -2.10. The summed E-state index contributed by atoms with van der Waals surface area (Å²) in [7, 11) is -1.90. The van der Waals surface area contributed by atoms with Crippen LogP contribution in [-0.4, -0.2) is 30.7 Å². The van der Waals surface area contributed by atoms with Crippen LogP contribution in [-0.2, 0) is 21.3 Å². The summed E-state index contributed by atoms with van der Waals surface area (Å²) >= 11 is 5.93. The third-order valence-corrected chi connectivity index (χ3v) is 5.17.